The topological polar surface area (TPSA) is 95.6 Å². The van der Waals surface area contributed by atoms with Gasteiger partial charge in [0, 0.05) is 31.7 Å². The molecule has 0 spiro atoms. The zero-order valence-corrected chi connectivity index (χ0v) is 18.3. The predicted molar refractivity (Wildman–Crippen MR) is 112 cm³/mol. The molecule has 168 valence electrons. The summed E-state index contributed by atoms with van der Waals surface area (Å²) in [6.07, 6.45) is 0. The van der Waals surface area contributed by atoms with Gasteiger partial charge in [0.2, 0.25) is 16.8 Å². The summed E-state index contributed by atoms with van der Waals surface area (Å²) in [6, 6.07) is 10.0. The fourth-order valence-corrected chi connectivity index (χ4v) is 4.78. The van der Waals surface area contributed by atoms with Crippen molar-refractivity contribution < 1.29 is 32.1 Å². The molecule has 0 aliphatic carbocycles. The maximum absolute atomic E-state index is 13.0. The number of nitrogens with one attached hydrogen (secondary N) is 1. The van der Waals surface area contributed by atoms with E-state index >= 15 is 0 Å². The molecular formula is C21H26N2O7S. The zero-order valence-electron chi connectivity index (χ0n) is 17.5. The fourth-order valence-electron chi connectivity index (χ4n) is 3.72. The van der Waals surface area contributed by atoms with Gasteiger partial charge in [-0.1, -0.05) is 6.07 Å². The zero-order chi connectivity index (χ0) is 21.8. The maximum atomic E-state index is 13.0. The molecule has 0 saturated carbocycles. The summed E-state index contributed by atoms with van der Waals surface area (Å²) in [4.78, 5) is 2.31. The number of hydrogen-bond donors (Lipinski definition) is 1. The highest BCUT2D eigenvalue weighted by Crippen LogP contribution is 2.36. The van der Waals surface area contributed by atoms with Crippen molar-refractivity contribution in [3.63, 3.8) is 0 Å². The van der Waals surface area contributed by atoms with Gasteiger partial charge in [0.1, 0.15) is 0 Å². The average Bonchev–Trinajstić information content (AvgIpc) is 3.27. The first-order valence-corrected chi connectivity index (χ1v) is 11.4. The Kier molecular flexibility index (Phi) is 6.51. The Morgan fingerprint density at radius 1 is 1.00 bits per heavy atom. The normalized spacial score (nSPS) is 17.4. The molecule has 0 aromatic heterocycles. The molecule has 2 aliphatic rings. The first kappa shape index (κ1) is 21.7. The Hall–Kier alpha value is -2.53. The van der Waals surface area contributed by atoms with E-state index in [-0.39, 0.29) is 24.3 Å². The third-order valence-electron chi connectivity index (χ3n) is 5.40. The van der Waals surface area contributed by atoms with Gasteiger partial charge < -0.3 is 23.7 Å². The third kappa shape index (κ3) is 4.72. The molecule has 0 bridgehead atoms. The largest absolute Gasteiger partial charge is 0.493 e. The molecule has 0 unspecified atom stereocenters. The van der Waals surface area contributed by atoms with Gasteiger partial charge >= 0.3 is 0 Å². The van der Waals surface area contributed by atoms with Crippen LogP contribution in [0.1, 0.15) is 11.6 Å². The van der Waals surface area contributed by atoms with Crippen molar-refractivity contribution in [2.75, 3.05) is 53.9 Å². The van der Waals surface area contributed by atoms with Crippen LogP contribution in [-0.2, 0) is 14.8 Å². The average molecular weight is 451 g/mol. The molecule has 4 rings (SSSR count). The molecule has 0 amide bonds. The molecule has 1 fully saturated rings. The van der Waals surface area contributed by atoms with Crippen molar-refractivity contribution in [1.82, 2.24) is 9.62 Å². The highest BCUT2D eigenvalue weighted by molar-refractivity contribution is 7.89. The van der Waals surface area contributed by atoms with Crippen LogP contribution in [0.4, 0.5) is 0 Å². The van der Waals surface area contributed by atoms with Crippen LogP contribution in [0.5, 0.6) is 23.0 Å². The van der Waals surface area contributed by atoms with E-state index in [0.717, 1.165) is 5.56 Å². The summed E-state index contributed by atoms with van der Waals surface area (Å²) in [7, 11) is -0.800. The van der Waals surface area contributed by atoms with Crippen molar-refractivity contribution in [1.29, 1.82) is 0 Å². The minimum absolute atomic E-state index is 0.108. The van der Waals surface area contributed by atoms with Gasteiger partial charge in [0.05, 0.1) is 32.3 Å². The van der Waals surface area contributed by atoms with E-state index < -0.39 is 10.0 Å². The lowest BCUT2D eigenvalue weighted by molar-refractivity contribution is 0.0171. The van der Waals surface area contributed by atoms with Gasteiger partial charge in [-0.15, -0.1) is 0 Å². The molecule has 31 heavy (non-hydrogen) atoms. The van der Waals surface area contributed by atoms with Gasteiger partial charge in [0.15, 0.2) is 23.0 Å². The molecule has 1 atom stereocenters. The number of morpholine rings is 1. The Bertz CT molecular complexity index is 1020. The van der Waals surface area contributed by atoms with Crippen molar-refractivity contribution >= 4 is 10.0 Å². The number of ether oxygens (including phenoxy) is 5. The molecule has 1 saturated heterocycles. The minimum Gasteiger partial charge on any atom is -0.493 e. The molecule has 2 heterocycles. The van der Waals surface area contributed by atoms with Crippen LogP contribution in [0.25, 0.3) is 0 Å². The van der Waals surface area contributed by atoms with E-state index in [0.29, 0.717) is 49.3 Å². The quantitative estimate of drug-likeness (QED) is 0.650. The lowest BCUT2D eigenvalue weighted by Gasteiger charge is -2.35. The molecule has 2 aromatic carbocycles. The lowest BCUT2D eigenvalue weighted by atomic mass is 10.0. The van der Waals surface area contributed by atoms with Gasteiger partial charge in [0.25, 0.3) is 0 Å². The Balaban J connectivity index is 1.57. The summed E-state index contributed by atoms with van der Waals surface area (Å²) >= 11 is 0. The highest BCUT2D eigenvalue weighted by Gasteiger charge is 2.27. The van der Waals surface area contributed by atoms with Crippen LogP contribution in [0, 0.1) is 0 Å². The van der Waals surface area contributed by atoms with E-state index in [9.17, 15) is 8.42 Å². The molecule has 9 nitrogen and oxygen atoms in total. The molecule has 10 heteroatoms. The van der Waals surface area contributed by atoms with Gasteiger partial charge in [-0.25, -0.2) is 13.1 Å². The smallest absolute Gasteiger partial charge is 0.240 e. The SMILES string of the molecule is COc1ccc(S(=O)(=O)NC[C@@H](c2ccc3c(c2)OCO3)N2CCOCC2)cc1OC. The molecule has 2 aromatic rings. The summed E-state index contributed by atoms with van der Waals surface area (Å²) < 4.78 is 55.6. The third-order valence-corrected chi connectivity index (χ3v) is 6.82. The molecular weight excluding hydrogens is 424 g/mol. The number of rotatable bonds is 8. The minimum atomic E-state index is -3.77. The van der Waals surface area contributed by atoms with Gasteiger partial charge in [-0.05, 0) is 29.8 Å². The molecule has 2 aliphatic heterocycles. The highest BCUT2D eigenvalue weighted by atomic mass is 32.2. The van der Waals surface area contributed by atoms with E-state index in [2.05, 4.69) is 9.62 Å². The Morgan fingerprint density at radius 2 is 1.74 bits per heavy atom. The monoisotopic (exact) mass is 450 g/mol. The van der Waals surface area contributed by atoms with Crippen LogP contribution < -0.4 is 23.7 Å². The first-order chi connectivity index (χ1) is 15.0. The number of sulfonamides is 1. The summed E-state index contributed by atoms with van der Waals surface area (Å²) in [5.74, 6) is 2.17. The standard InChI is InChI=1S/C21H26N2O7S/c1-26-18-6-4-16(12-20(18)27-2)31(24,25)22-13-17(23-7-9-28-10-8-23)15-3-5-19-21(11-15)30-14-29-19/h3-6,11-12,17,22H,7-10,13-14H2,1-2H3/t17-/m0/s1. The predicted octanol–water partition coefficient (Wildman–Crippen LogP) is 1.78. The van der Waals surface area contributed by atoms with E-state index in [4.69, 9.17) is 23.7 Å². The van der Waals surface area contributed by atoms with Crippen LogP contribution >= 0.6 is 0 Å². The van der Waals surface area contributed by atoms with E-state index in [1.54, 1.807) is 6.07 Å². The van der Waals surface area contributed by atoms with E-state index in [1.165, 1.54) is 26.4 Å². The summed E-state index contributed by atoms with van der Waals surface area (Å²) in [5.41, 5.74) is 0.946. The summed E-state index contributed by atoms with van der Waals surface area (Å²) in [5, 5.41) is 0. The number of nitrogens with zero attached hydrogens (tertiary/aromatic N) is 1. The van der Waals surface area contributed by atoms with Crippen molar-refractivity contribution in [2.45, 2.75) is 10.9 Å². The number of methoxy groups -OCH3 is 2. The first-order valence-electron chi connectivity index (χ1n) is 9.95. The Labute approximate surface area is 181 Å². The fraction of sp³-hybridized carbons (Fsp3) is 0.429. The van der Waals surface area contributed by atoms with Crippen molar-refractivity contribution in [3.8, 4) is 23.0 Å². The van der Waals surface area contributed by atoms with Gasteiger partial charge in [-0.2, -0.15) is 0 Å². The van der Waals surface area contributed by atoms with Crippen LogP contribution in [-0.4, -0.2) is 67.2 Å². The second-order valence-electron chi connectivity index (χ2n) is 7.15. The maximum Gasteiger partial charge on any atom is 0.240 e. The van der Waals surface area contributed by atoms with Crippen molar-refractivity contribution in [2.24, 2.45) is 0 Å². The second kappa shape index (κ2) is 9.31. The Morgan fingerprint density at radius 3 is 2.48 bits per heavy atom. The number of hydrogen-bond acceptors (Lipinski definition) is 8. The number of fused-ring (bicyclic) bond motifs is 1. The molecule has 1 N–H and O–H groups in total. The molecule has 0 radical (unpaired) electrons. The van der Waals surface area contributed by atoms with Crippen LogP contribution in [0.3, 0.4) is 0 Å². The van der Waals surface area contributed by atoms with Crippen molar-refractivity contribution in [3.05, 3.63) is 42.0 Å². The van der Waals surface area contributed by atoms with Crippen LogP contribution in [0.2, 0.25) is 0 Å². The van der Waals surface area contributed by atoms with Gasteiger partial charge in [-0.3, -0.25) is 4.90 Å². The lowest BCUT2D eigenvalue weighted by Crippen LogP contribution is -2.43. The number of benzene rings is 2. The van der Waals surface area contributed by atoms with E-state index in [1.807, 2.05) is 18.2 Å². The van der Waals surface area contributed by atoms with Crippen LogP contribution in [0.15, 0.2) is 41.3 Å². The second-order valence-corrected chi connectivity index (χ2v) is 8.91. The summed E-state index contributed by atoms with van der Waals surface area (Å²) in [6.45, 7) is 2.99.